The first-order valence-corrected chi connectivity index (χ1v) is 11.6. The van der Waals surface area contributed by atoms with E-state index in [1.807, 2.05) is 36.4 Å². The third kappa shape index (κ3) is 5.14. The second kappa shape index (κ2) is 9.32. The van der Waals surface area contributed by atoms with Gasteiger partial charge in [0.2, 0.25) is 0 Å². The Morgan fingerprint density at radius 1 is 1.16 bits per heavy atom. The van der Waals surface area contributed by atoms with E-state index in [9.17, 15) is 0 Å². The minimum Gasteiger partial charge on any atom is -0.319 e. The van der Waals surface area contributed by atoms with Crippen LogP contribution in [0.15, 0.2) is 59.6 Å². The van der Waals surface area contributed by atoms with E-state index in [2.05, 4.69) is 63.0 Å². The van der Waals surface area contributed by atoms with Gasteiger partial charge in [-0.2, -0.15) is 0 Å². The number of benzene rings is 2. The van der Waals surface area contributed by atoms with Crippen molar-refractivity contribution < 1.29 is 0 Å². The molecule has 1 aliphatic rings. The van der Waals surface area contributed by atoms with Crippen molar-refractivity contribution in [2.45, 2.75) is 52.6 Å². The molecule has 1 saturated heterocycles. The number of rotatable bonds is 5. The number of aliphatic imine (C=N–C) groups is 1. The quantitative estimate of drug-likeness (QED) is 0.458. The van der Waals surface area contributed by atoms with E-state index in [4.69, 9.17) is 40.4 Å². The predicted molar refractivity (Wildman–Crippen MR) is 140 cm³/mol. The van der Waals surface area contributed by atoms with E-state index in [-0.39, 0.29) is 17.0 Å². The highest BCUT2D eigenvalue weighted by Crippen LogP contribution is 2.34. The molecule has 6 heteroatoms. The zero-order chi connectivity index (χ0) is 22.8. The van der Waals surface area contributed by atoms with Crippen molar-refractivity contribution >= 4 is 58.1 Å². The van der Waals surface area contributed by atoms with Crippen LogP contribution in [0, 0.1) is 5.41 Å². The number of hydrogen-bond donors (Lipinski definition) is 1. The average Bonchev–Trinajstić information content (AvgIpc) is 2.96. The minimum atomic E-state index is -0.353. The Morgan fingerprint density at radius 2 is 1.84 bits per heavy atom. The molecular formula is C25H29Cl2N3S. The summed E-state index contributed by atoms with van der Waals surface area (Å²) in [5.74, 6) is 0.885. The number of nitrogens with zero attached hydrogens (tertiary/aromatic N) is 2. The Hall–Kier alpha value is -1.88. The molecule has 0 spiro atoms. The molecule has 31 heavy (non-hydrogen) atoms. The zero-order valence-electron chi connectivity index (χ0n) is 18.6. The number of nitrogens with one attached hydrogen (secondary N) is 1. The van der Waals surface area contributed by atoms with Crippen molar-refractivity contribution in [2.24, 2.45) is 10.4 Å². The smallest absolute Gasteiger partial charge is 0.179 e. The molecule has 0 amide bonds. The molecule has 2 aromatic carbocycles. The second-order valence-corrected chi connectivity index (χ2v) is 10.3. The maximum absolute atomic E-state index is 6.36. The van der Waals surface area contributed by atoms with Crippen LogP contribution in [-0.4, -0.2) is 22.5 Å². The molecular weight excluding hydrogens is 445 g/mol. The van der Waals surface area contributed by atoms with Crippen LogP contribution in [0.2, 0.25) is 10.0 Å². The van der Waals surface area contributed by atoms with Crippen molar-refractivity contribution in [1.82, 2.24) is 5.32 Å². The molecule has 2 unspecified atom stereocenters. The van der Waals surface area contributed by atoms with Crippen LogP contribution in [-0.2, 0) is 0 Å². The molecule has 2 atom stereocenters. The van der Waals surface area contributed by atoms with Gasteiger partial charge in [0.05, 0.1) is 6.04 Å². The van der Waals surface area contributed by atoms with Gasteiger partial charge in [0.1, 0.15) is 11.4 Å². The zero-order valence-corrected chi connectivity index (χ0v) is 20.9. The fraction of sp³-hybridized carbons (Fsp3) is 0.360. The fourth-order valence-corrected chi connectivity index (χ4v) is 4.47. The third-order valence-electron chi connectivity index (χ3n) is 5.71. The van der Waals surface area contributed by atoms with Crippen LogP contribution < -0.4 is 10.2 Å². The summed E-state index contributed by atoms with van der Waals surface area (Å²) < 4.78 is 0. The summed E-state index contributed by atoms with van der Waals surface area (Å²) >= 11 is 18.1. The highest BCUT2D eigenvalue weighted by Gasteiger charge is 2.45. The molecule has 1 aliphatic heterocycles. The van der Waals surface area contributed by atoms with E-state index >= 15 is 0 Å². The highest BCUT2D eigenvalue weighted by atomic mass is 35.5. The molecule has 2 aromatic rings. The lowest BCUT2D eigenvalue weighted by atomic mass is 9.86. The van der Waals surface area contributed by atoms with Crippen LogP contribution in [0.3, 0.4) is 0 Å². The standard InChI is InChI=1S/C25H29Cl2N3S/c1-6-25(5)22(29-23(31)30(25)19-10-8-7-9-11-19)28-21(24(2,3)4)15-13-17-12-14-18(26)16-20(17)27/h7-16,21H,6H2,1-5H3,(H,28,29,31)/b15-13+. The largest absolute Gasteiger partial charge is 0.319 e. The summed E-state index contributed by atoms with van der Waals surface area (Å²) in [5, 5.41) is 5.31. The van der Waals surface area contributed by atoms with Gasteiger partial charge in [-0.1, -0.05) is 87.3 Å². The number of anilines is 1. The highest BCUT2D eigenvalue weighted by molar-refractivity contribution is 7.80. The molecule has 1 fully saturated rings. The summed E-state index contributed by atoms with van der Waals surface area (Å²) in [6, 6.07) is 15.7. The molecule has 3 nitrogen and oxygen atoms in total. The first-order chi connectivity index (χ1) is 14.6. The Kier molecular flexibility index (Phi) is 7.14. The van der Waals surface area contributed by atoms with E-state index in [1.54, 1.807) is 6.07 Å². The second-order valence-electron chi connectivity index (χ2n) is 9.04. The van der Waals surface area contributed by atoms with Crippen molar-refractivity contribution in [2.75, 3.05) is 4.90 Å². The maximum Gasteiger partial charge on any atom is 0.179 e. The molecule has 0 aromatic heterocycles. The number of thiocarbonyl (C=S) groups is 1. The van der Waals surface area contributed by atoms with Gasteiger partial charge < -0.3 is 10.2 Å². The van der Waals surface area contributed by atoms with Gasteiger partial charge in [0, 0.05) is 15.7 Å². The van der Waals surface area contributed by atoms with Gasteiger partial charge in [-0.05, 0) is 60.8 Å². The van der Waals surface area contributed by atoms with Crippen LogP contribution in [0.5, 0.6) is 0 Å². The monoisotopic (exact) mass is 473 g/mol. The Bertz CT molecular complexity index is 1010. The van der Waals surface area contributed by atoms with Gasteiger partial charge in [-0.15, -0.1) is 0 Å². The molecule has 164 valence electrons. The van der Waals surface area contributed by atoms with Crippen molar-refractivity contribution in [3.63, 3.8) is 0 Å². The third-order valence-corrected chi connectivity index (χ3v) is 6.56. The first kappa shape index (κ1) is 23.8. The number of halogens is 2. The number of amidine groups is 1. The molecule has 0 bridgehead atoms. The summed E-state index contributed by atoms with van der Waals surface area (Å²) in [4.78, 5) is 7.35. The van der Waals surface area contributed by atoms with Gasteiger partial charge >= 0.3 is 0 Å². The predicted octanol–water partition coefficient (Wildman–Crippen LogP) is 7.38. The van der Waals surface area contributed by atoms with Crippen LogP contribution in [0.25, 0.3) is 6.08 Å². The van der Waals surface area contributed by atoms with Crippen LogP contribution in [0.4, 0.5) is 5.69 Å². The lowest BCUT2D eigenvalue weighted by molar-refractivity contribution is 0.366. The SMILES string of the molecule is CCC1(C)C(=NC(/C=C/c2ccc(Cl)cc2Cl)C(C)(C)C)NC(=S)N1c1ccccc1. The van der Waals surface area contributed by atoms with E-state index in [1.165, 1.54) is 0 Å². The van der Waals surface area contributed by atoms with Gasteiger partial charge in [0.25, 0.3) is 0 Å². The maximum atomic E-state index is 6.36. The summed E-state index contributed by atoms with van der Waals surface area (Å²) in [6.45, 7) is 10.9. The average molecular weight is 475 g/mol. The summed E-state index contributed by atoms with van der Waals surface area (Å²) in [7, 11) is 0. The fourth-order valence-electron chi connectivity index (χ4n) is 3.59. The normalized spacial score (nSPS) is 21.7. The topological polar surface area (TPSA) is 27.6 Å². The minimum absolute atomic E-state index is 0.0776. The number of para-hydroxylation sites is 1. The van der Waals surface area contributed by atoms with E-state index in [0.29, 0.717) is 15.2 Å². The van der Waals surface area contributed by atoms with Crippen molar-refractivity contribution in [1.29, 1.82) is 0 Å². The Morgan fingerprint density at radius 3 is 2.42 bits per heavy atom. The summed E-state index contributed by atoms with van der Waals surface area (Å²) in [5.41, 5.74) is 1.53. The van der Waals surface area contributed by atoms with E-state index in [0.717, 1.165) is 23.5 Å². The molecule has 0 saturated carbocycles. The first-order valence-electron chi connectivity index (χ1n) is 10.4. The van der Waals surface area contributed by atoms with Crippen LogP contribution >= 0.6 is 35.4 Å². The molecule has 0 radical (unpaired) electrons. The van der Waals surface area contributed by atoms with Crippen molar-refractivity contribution in [3.05, 3.63) is 70.2 Å². The van der Waals surface area contributed by atoms with Gasteiger partial charge in [0.15, 0.2) is 5.11 Å². The van der Waals surface area contributed by atoms with E-state index < -0.39 is 0 Å². The molecule has 3 rings (SSSR count). The Balaban J connectivity index is 2.00. The summed E-state index contributed by atoms with van der Waals surface area (Å²) in [6.07, 6.45) is 4.98. The molecule has 1 N–H and O–H groups in total. The molecule has 1 heterocycles. The number of hydrogen-bond acceptors (Lipinski definition) is 2. The lowest BCUT2D eigenvalue weighted by Gasteiger charge is -2.35. The van der Waals surface area contributed by atoms with Crippen molar-refractivity contribution in [3.8, 4) is 0 Å². The Labute approximate surface area is 201 Å². The van der Waals surface area contributed by atoms with Gasteiger partial charge in [-0.3, -0.25) is 4.99 Å². The lowest BCUT2D eigenvalue weighted by Crippen LogP contribution is -2.47. The molecule has 0 aliphatic carbocycles. The van der Waals surface area contributed by atoms with Gasteiger partial charge in [-0.25, -0.2) is 0 Å². The van der Waals surface area contributed by atoms with Crippen LogP contribution in [0.1, 0.15) is 46.6 Å².